The lowest BCUT2D eigenvalue weighted by atomic mass is 10.2. The van der Waals surface area contributed by atoms with Crippen molar-refractivity contribution in [3.8, 4) is 11.8 Å². The molecule has 1 aromatic rings. The molecule has 1 fully saturated rings. The number of hydrogen-bond acceptors (Lipinski definition) is 6. The van der Waals surface area contributed by atoms with E-state index >= 15 is 0 Å². The number of nitriles is 1. The van der Waals surface area contributed by atoms with E-state index in [1.165, 1.54) is 0 Å². The molecule has 0 N–H and O–H groups in total. The first-order chi connectivity index (χ1) is 11.9. The Hall–Kier alpha value is -2.59. The fourth-order valence-corrected chi connectivity index (χ4v) is 2.58. The number of carbonyl (C=O) groups is 2. The molecule has 1 amide bonds. The van der Waals surface area contributed by atoms with E-state index in [1.807, 2.05) is 19.9 Å². The average Bonchev–Trinajstić information content (AvgIpc) is 2.59. The van der Waals surface area contributed by atoms with Crippen LogP contribution in [0.4, 0.5) is 0 Å². The largest absolute Gasteiger partial charge is 0.479 e. The van der Waals surface area contributed by atoms with Crippen LogP contribution in [0.25, 0.3) is 0 Å². The van der Waals surface area contributed by atoms with E-state index in [9.17, 15) is 9.59 Å². The maximum absolute atomic E-state index is 12.2. The van der Waals surface area contributed by atoms with Crippen molar-refractivity contribution >= 4 is 11.9 Å². The number of hydrogen-bond donors (Lipinski definition) is 0. The second kappa shape index (κ2) is 8.49. The van der Waals surface area contributed by atoms with Gasteiger partial charge in [-0.25, -0.2) is 4.79 Å². The molecule has 25 heavy (non-hydrogen) atoms. The Morgan fingerprint density at radius 1 is 1.28 bits per heavy atom. The maximum atomic E-state index is 12.2. The monoisotopic (exact) mass is 346 g/mol. The highest BCUT2D eigenvalue weighted by Crippen LogP contribution is 2.14. The van der Waals surface area contributed by atoms with Gasteiger partial charge in [0.2, 0.25) is 0 Å². The third-order valence-electron chi connectivity index (χ3n) is 3.74. The Kier molecular flexibility index (Phi) is 6.37. The van der Waals surface area contributed by atoms with Crippen LogP contribution in [0.3, 0.4) is 0 Å². The molecule has 0 radical (unpaired) electrons. The highest BCUT2D eigenvalue weighted by atomic mass is 16.6. The molecule has 0 aromatic heterocycles. The summed E-state index contributed by atoms with van der Waals surface area (Å²) in [5.74, 6) is -0.418. The maximum Gasteiger partial charge on any atom is 0.347 e. The molecule has 7 nitrogen and oxygen atoms in total. The summed E-state index contributed by atoms with van der Waals surface area (Å²) in [6.07, 6.45) is -0.938. The molecule has 3 atom stereocenters. The van der Waals surface area contributed by atoms with Crippen molar-refractivity contribution in [2.75, 3.05) is 19.7 Å². The fraction of sp³-hybridized carbons (Fsp3) is 0.500. The number of morpholine rings is 1. The molecule has 1 aliphatic heterocycles. The van der Waals surface area contributed by atoms with Crippen molar-refractivity contribution < 1.29 is 23.8 Å². The second-order valence-electron chi connectivity index (χ2n) is 6.06. The number of nitrogens with zero attached hydrogens (tertiary/aromatic N) is 2. The number of amides is 1. The number of esters is 1. The van der Waals surface area contributed by atoms with Gasteiger partial charge < -0.3 is 19.1 Å². The predicted molar refractivity (Wildman–Crippen MR) is 88.8 cm³/mol. The van der Waals surface area contributed by atoms with Gasteiger partial charge in [0.1, 0.15) is 5.75 Å². The molecule has 2 rings (SSSR count). The zero-order chi connectivity index (χ0) is 18.4. The van der Waals surface area contributed by atoms with Crippen LogP contribution in [-0.4, -0.2) is 54.8 Å². The Morgan fingerprint density at radius 2 is 1.88 bits per heavy atom. The molecular formula is C18H22N2O5. The van der Waals surface area contributed by atoms with Gasteiger partial charge in [0.15, 0.2) is 12.7 Å². The lowest BCUT2D eigenvalue weighted by Crippen LogP contribution is -2.49. The van der Waals surface area contributed by atoms with Crippen LogP contribution in [0, 0.1) is 11.3 Å². The van der Waals surface area contributed by atoms with Crippen molar-refractivity contribution in [2.45, 2.75) is 39.1 Å². The van der Waals surface area contributed by atoms with Crippen molar-refractivity contribution in [1.29, 1.82) is 5.26 Å². The molecule has 134 valence electrons. The minimum atomic E-state index is -0.858. The van der Waals surface area contributed by atoms with Crippen LogP contribution >= 0.6 is 0 Å². The van der Waals surface area contributed by atoms with Gasteiger partial charge in [0.25, 0.3) is 5.91 Å². The smallest absolute Gasteiger partial charge is 0.347 e. The Morgan fingerprint density at radius 3 is 2.44 bits per heavy atom. The van der Waals surface area contributed by atoms with E-state index < -0.39 is 12.1 Å². The van der Waals surface area contributed by atoms with Crippen LogP contribution in [0.5, 0.6) is 5.75 Å². The fourth-order valence-electron chi connectivity index (χ4n) is 2.58. The Labute approximate surface area is 147 Å². The zero-order valence-electron chi connectivity index (χ0n) is 14.6. The Bertz CT molecular complexity index is 642. The van der Waals surface area contributed by atoms with Gasteiger partial charge in [-0.3, -0.25) is 4.79 Å². The third-order valence-corrected chi connectivity index (χ3v) is 3.74. The molecule has 1 heterocycles. The van der Waals surface area contributed by atoms with Crippen molar-refractivity contribution in [1.82, 2.24) is 4.90 Å². The van der Waals surface area contributed by atoms with Crippen molar-refractivity contribution in [2.24, 2.45) is 0 Å². The minimum Gasteiger partial charge on any atom is -0.479 e. The first kappa shape index (κ1) is 18.7. The van der Waals surface area contributed by atoms with Crippen LogP contribution in [0.15, 0.2) is 24.3 Å². The predicted octanol–water partition coefficient (Wildman–Crippen LogP) is 1.50. The van der Waals surface area contributed by atoms with E-state index in [2.05, 4.69) is 0 Å². The van der Waals surface area contributed by atoms with Crippen molar-refractivity contribution in [3.05, 3.63) is 29.8 Å². The highest BCUT2D eigenvalue weighted by Gasteiger charge is 2.27. The zero-order valence-corrected chi connectivity index (χ0v) is 14.6. The first-order valence-electron chi connectivity index (χ1n) is 8.15. The van der Waals surface area contributed by atoms with Crippen LogP contribution in [0.1, 0.15) is 26.3 Å². The summed E-state index contributed by atoms with van der Waals surface area (Å²) in [7, 11) is 0. The topological polar surface area (TPSA) is 88.9 Å². The Balaban J connectivity index is 1.80. The van der Waals surface area contributed by atoms with E-state index in [0.29, 0.717) is 24.4 Å². The van der Waals surface area contributed by atoms with Crippen LogP contribution in [0.2, 0.25) is 0 Å². The molecule has 0 spiro atoms. The molecule has 1 aromatic carbocycles. The van der Waals surface area contributed by atoms with Crippen LogP contribution < -0.4 is 4.74 Å². The quantitative estimate of drug-likeness (QED) is 0.751. The van der Waals surface area contributed by atoms with Gasteiger partial charge >= 0.3 is 5.97 Å². The third kappa shape index (κ3) is 5.47. The number of rotatable bonds is 5. The molecule has 7 heteroatoms. The molecule has 0 bridgehead atoms. The standard InChI is InChI=1S/C18H22N2O5/c1-12-9-20(10-13(2)24-12)17(21)11-23-18(22)14(3)25-16-6-4-15(8-19)5-7-16/h4-7,12-14H,9-11H2,1-3H3/t12-,13+,14-/m1/s1. The summed E-state index contributed by atoms with van der Waals surface area (Å²) in [5.41, 5.74) is 0.502. The number of benzene rings is 1. The van der Waals surface area contributed by atoms with Crippen molar-refractivity contribution in [3.63, 3.8) is 0 Å². The summed E-state index contributed by atoms with van der Waals surface area (Å²) in [6.45, 7) is 5.99. The number of carbonyl (C=O) groups excluding carboxylic acids is 2. The SMILES string of the molecule is C[C@@H]1CN(C(=O)COC(=O)[C@@H](C)Oc2ccc(C#N)cc2)C[C@H](C)O1. The average molecular weight is 346 g/mol. The molecule has 0 saturated carbocycles. The lowest BCUT2D eigenvalue weighted by molar-refractivity contribution is -0.161. The summed E-state index contributed by atoms with van der Waals surface area (Å²) < 4.78 is 16.1. The van der Waals surface area contributed by atoms with Gasteiger partial charge in [0.05, 0.1) is 23.8 Å². The first-order valence-corrected chi connectivity index (χ1v) is 8.15. The molecule has 0 aliphatic carbocycles. The highest BCUT2D eigenvalue weighted by molar-refractivity contribution is 5.82. The van der Waals surface area contributed by atoms with E-state index in [1.54, 1.807) is 36.1 Å². The normalized spacial score (nSPS) is 21.1. The minimum absolute atomic E-state index is 0.0398. The summed E-state index contributed by atoms with van der Waals surface area (Å²) in [4.78, 5) is 25.8. The van der Waals surface area contributed by atoms with Gasteiger partial charge in [0, 0.05) is 13.1 Å². The van der Waals surface area contributed by atoms with E-state index in [-0.39, 0.29) is 24.7 Å². The summed E-state index contributed by atoms with van der Waals surface area (Å²) in [6, 6.07) is 8.39. The molecule has 1 saturated heterocycles. The summed E-state index contributed by atoms with van der Waals surface area (Å²) >= 11 is 0. The van der Waals surface area contributed by atoms with Gasteiger partial charge in [-0.1, -0.05) is 0 Å². The summed E-state index contributed by atoms with van der Waals surface area (Å²) in [5, 5.41) is 8.75. The molecule has 1 aliphatic rings. The lowest BCUT2D eigenvalue weighted by Gasteiger charge is -2.35. The van der Waals surface area contributed by atoms with E-state index in [0.717, 1.165) is 0 Å². The van der Waals surface area contributed by atoms with Gasteiger partial charge in [-0.2, -0.15) is 5.26 Å². The van der Waals surface area contributed by atoms with Gasteiger partial charge in [-0.15, -0.1) is 0 Å². The number of ether oxygens (including phenoxy) is 3. The second-order valence-corrected chi connectivity index (χ2v) is 6.06. The molecular weight excluding hydrogens is 324 g/mol. The van der Waals surface area contributed by atoms with Gasteiger partial charge in [-0.05, 0) is 45.0 Å². The molecule has 0 unspecified atom stereocenters. The van der Waals surface area contributed by atoms with Crippen LogP contribution in [-0.2, 0) is 19.1 Å². The van der Waals surface area contributed by atoms with E-state index in [4.69, 9.17) is 19.5 Å².